The van der Waals surface area contributed by atoms with E-state index in [1.807, 2.05) is 18.2 Å². The molecular weight excluding hydrogens is 224 g/mol. The molecule has 0 unspecified atom stereocenters. The molecule has 0 aromatic heterocycles. The molecule has 0 spiro atoms. The summed E-state index contributed by atoms with van der Waals surface area (Å²) in [7, 11) is -1.37. The van der Waals surface area contributed by atoms with Crippen LogP contribution in [0, 0.1) is 0 Å². The molecule has 0 aliphatic carbocycles. The number of hydrogen-bond acceptors (Lipinski definition) is 1. The summed E-state index contributed by atoms with van der Waals surface area (Å²) in [4.78, 5) is 12.3. The van der Waals surface area contributed by atoms with Gasteiger partial charge in [0.25, 0.3) is 0 Å². The molecule has 0 saturated heterocycles. The lowest BCUT2D eigenvalue weighted by atomic mass is 9.99. The lowest BCUT2D eigenvalue weighted by molar-refractivity contribution is -0.113. The van der Waals surface area contributed by atoms with Crippen LogP contribution in [0.4, 0.5) is 0 Å². The summed E-state index contributed by atoms with van der Waals surface area (Å²) in [6.45, 7) is 6.94. The van der Waals surface area contributed by atoms with Gasteiger partial charge < -0.3 is 0 Å². The second-order valence-electron chi connectivity index (χ2n) is 5.53. The van der Waals surface area contributed by atoms with Gasteiger partial charge in [-0.3, -0.25) is 4.79 Å². The molecule has 2 rings (SSSR count). The van der Waals surface area contributed by atoms with Crippen molar-refractivity contribution in [3.8, 4) is 0 Å². The Morgan fingerprint density at radius 3 is 2.41 bits per heavy atom. The number of carbonyl (C=O) groups is 1. The molecule has 17 heavy (non-hydrogen) atoms. The number of ketones is 1. The van der Waals surface area contributed by atoms with E-state index in [0.717, 1.165) is 24.0 Å². The molecule has 1 aromatic carbocycles. The Kier molecular flexibility index (Phi) is 3.34. The Balaban J connectivity index is 2.57. The third-order valence-electron chi connectivity index (χ3n) is 3.94. The molecule has 2 heteroatoms. The van der Waals surface area contributed by atoms with E-state index in [9.17, 15) is 4.79 Å². The van der Waals surface area contributed by atoms with Gasteiger partial charge in [0.15, 0.2) is 5.78 Å². The monoisotopic (exact) mass is 244 g/mol. The first kappa shape index (κ1) is 12.3. The molecule has 0 amide bonds. The standard InChI is InChI=1S/C15H20OSi/c1-12-15(13-8-5-4-6-9-13)14(16)10-7-11-17(12,2)3/h4-6,8-9H,7,10-11H2,1-3H3. The van der Waals surface area contributed by atoms with Crippen LogP contribution in [0.25, 0.3) is 5.57 Å². The van der Waals surface area contributed by atoms with Gasteiger partial charge in [-0.15, -0.1) is 0 Å². The fourth-order valence-corrected chi connectivity index (χ4v) is 4.93. The summed E-state index contributed by atoms with van der Waals surface area (Å²) in [5, 5.41) is 1.38. The maximum atomic E-state index is 12.3. The number of hydrogen-bond donors (Lipinski definition) is 0. The first-order valence-electron chi connectivity index (χ1n) is 6.32. The van der Waals surface area contributed by atoms with Gasteiger partial charge >= 0.3 is 0 Å². The molecule has 0 bridgehead atoms. The number of allylic oxidation sites excluding steroid dienone is 2. The zero-order valence-corrected chi connectivity index (χ0v) is 11.9. The van der Waals surface area contributed by atoms with Crippen LogP contribution in [0.2, 0.25) is 19.1 Å². The summed E-state index contributed by atoms with van der Waals surface area (Å²) in [5.74, 6) is 0.340. The lowest BCUT2D eigenvalue weighted by Gasteiger charge is -2.23. The Morgan fingerprint density at radius 2 is 1.76 bits per heavy atom. The predicted molar refractivity (Wildman–Crippen MR) is 75.6 cm³/mol. The zero-order chi connectivity index (χ0) is 12.5. The van der Waals surface area contributed by atoms with E-state index in [0.29, 0.717) is 5.78 Å². The molecule has 1 aromatic rings. The normalized spacial score (nSPS) is 20.3. The molecule has 1 aliphatic heterocycles. The van der Waals surface area contributed by atoms with Crippen LogP contribution >= 0.6 is 0 Å². The summed E-state index contributed by atoms with van der Waals surface area (Å²) < 4.78 is 0. The highest BCUT2D eigenvalue weighted by molar-refractivity contribution is 6.85. The summed E-state index contributed by atoms with van der Waals surface area (Å²) in [5.41, 5.74) is 2.12. The van der Waals surface area contributed by atoms with Gasteiger partial charge in [0.1, 0.15) is 0 Å². The summed E-state index contributed by atoms with van der Waals surface area (Å²) in [6.07, 6.45) is 1.78. The van der Waals surface area contributed by atoms with Gasteiger partial charge in [-0.2, -0.15) is 0 Å². The van der Waals surface area contributed by atoms with E-state index in [1.165, 1.54) is 11.2 Å². The van der Waals surface area contributed by atoms with Crippen molar-refractivity contribution in [2.45, 2.75) is 38.9 Å². The number of rotatable bonds is 1. The lowest BCUT2D eigenvalue weighted by Crippen LogP contribution is -2.27. The van der Waals surface area contributed by atoms with Gasteiger partial charge in [0.2, 0.25) is 0 Å². The minimum Gasteiger partial charge on any atom is -0.294 e. The molecule has 0 saturated carbocycles. The van der Waals surface area contributed by atoms with Gasteiger partial charge in [0.05, 0.1) is 8.07 Å². The molecular formula is C15H20OSi. The van der Waals surface area contributed by atoms with Crippen molar-refractivity contribution in [3.63, 3.8) is 0 Å². The molecule has 1 heterocycles. The predicted octanol–water partition coefficient (Wildman–Crippen LogP) is 4.07. The van der Waals surface area contributed by atoms with Crippen LogP contribution in [0.5, 0.6) is 0 Å². The quantitative estimate of drug-likeness (QED) is 0.681. The maximum Gasteiger partial charge on any atom is 0.163 e. The van der Waals surface area contributed by atoms with Crippen LogP contribution in [0.3, 0.4) is 0 Å². The Bertz CT molecular complexity index is 457. The molecule has 0 fully saturated rings. The second kappa shape index (κ2) is 4.61. The van der Waals surface area contributed by atoms with Gasteiger partial charge in [-0.05, 0) is 18.9 Å². The maximum absolute atomic E-state index is 12.3. The topological polar surface area (TPSA) is 17.1 Å². The third kappa shape index (κ3) is 2.42. The molecule has 1 nitrogen and oxygen atoms in total. The van der Waals surface area contributed by atoms with E-state index in [1.54, 1.807) is 0 Å². The SMILES string of the molecule is CC1=C(c2ccccc2)C(=O)CCC[Si]1(C)C. The molecule has 1 aliphatic rings. The fraction of sp³-hybridized carbons (Fsp3) is 0.400. The van der Waals surface area contributed by atoms with E-state index in [4.69, 9.17) is 0 Å². The molecule has 90 valence electrons. The molecule has 0 N–H and O–H groups in total. The first-order chi connectivity index (χ1) is 8.02. The van der Waals surface area contributed by atoms with Crippen LogP contribution in [0.15, 0.2) is 35.5 Å². The highest BCUT2D eigenvalue weighted by Crippen LogP contribution is 2.34. The fourth-order valence-electron chi connectivity index (χ4n) is 2.53. The van der Waals surface area contributed by atoms with Crippen molar-refractivity contribution in [2.24, 2.45) is 0 Å². The largest absolute Gasteiger partial charge is 0.294 e. The average molecular weight is 244 g/mol. The van der Waals surface area contributed by atoms with Gasteiger partial charge in [0, 0.05) is 12.0 Å². The minimum absolute atomic E-state index is 0.340. The highest BCUT2D eigenvalue weighted by atomic mass is 28.3. The Morgan fingerprint density at radius 1 is 1.12 bits per heavy atom. The van der Waals surface area contributed by atoms with Crippen molar-refractivity contribution in [3.05, 3.63) is 41.1 Å². The van der Waals surface area contributed by atoms with Gasteiger partial charge in [-0.25, -0.2) is 0 Å². The zero-order valence-electron chi connectivity index (χ0n) is 10.9. The smallest absolute Gasteiger partial charge is 0.163 e. The summed E-state index contributed by atoms with van der Waals surface area (Å²) >= 11 is 0. The summed E-state index contributed by atoms with van der Waals surface area (Å²) in [6, 6.07) is 11.4. The van der Waals surface area contributed by atoms with E-state index >= 15 is 0 Å². The van der Waals surface area contributed by atoms with Crippen molar-refractivity contribution in [1.29, 1.82) is 0 Å². The van der Waals surface area contributed by atoms with E-state index in [-0.39, 0.29) is 0 Å². The number of Topliss-reactive ketones (excluding diaryl/α,β-unsaturated/α-hetero) is 1. The van der Waals surface area contributed by atoms with E-state index < -0.39 is 8.07 Å². The molecule has 0 atom stereocenters. The van der Waals surface area contributed by atoms with Crippen LogP contribution in [-0.4, -0.2) is 13.9 Å². The van der Waals surface area contributed by atoms with E-state index in [2.05, 4.69) is 32.2 Å². The minimum atomic E-state index is -1.37. The van der Waals surface area contributed by atoms with Crippen LogP contribution in [0.1, 0.15) is 25.3 Å². The first-order valence-corrected chi connectivity index (χ1v) is 9.53. The average Bonchev–Trinajstić information content (AvgIpc) is 2.39. The number of carbonyl (C=O) groups excluding carboxylic acids is 1. The Hall–Kier alpha value is -1.15. The van der Waals surface area contributed by atoms with Crippen molar-refractivity contribution >= 4 is 19.4 Å². The van der Waals surface area contributed by atoms with Crippen LogP contribution in [-0.2, 0) is 4.79 Å². The second-order valence-corrected chi connectivity index (χ2v) is 10.5. The van der Waals surface area contributed by atoms with Gasteiger partial charge in [-0.1, -0.05) is 54.7 Å². The van der Waals surface area contributed by atoms with Crippen LogP contribution < -0.4 is 0 Å². The van der Waals surface area contributed by atoms with Crippen molar-refractivity contribution in [1.82, 2.24) is 0 Å². The van der Waals surface area contributed by atoms with Crippen molar-refractivity contribution < 1.29 is 4.79 Å². The third-order valence-corrected chi connectivity index (χ3v) is 7.82. The van der Waals surface area contributed by atoms with Crippen molar-refractivity contribution in [2.75, 3.05) is 0 Å². The Labute approximate surface area is 105 Å². The number of benzene rings is 1. The molecule has 0 radical (unpaired) electrons. The highest BCUT2D eigenvalue weighted by Gasteiger charge is 2.31.